The molecule has 0 bridgehead atoms. The fourth-order valence-electron chi connectivity index (χ4n) is 2.44. The van der Waals surface area contributed by atoms with E-state index in [4.69, 9.17) is 5.26 Å². The molecular weight excluding hydrogens is 342 g/mol. The second-order valence-corrected chi connectivity index (χ2v) is 6.15. The lowest BCUT2D eigenvalue weighted by Gasteiger charge is -2.08. The first-order chi connectivity index (χ1) is 13.0. The first-order valence-corrected chi connectivity index (χ1v) is 8.60. The van der Waals surface area contributed by atoms with Crippen molar-refractivity contribution in [2.45, 2.75) is 32.7 Å². The fourth-order valence-corrected chi connectivity index (χ4v) is 2.44. The molecule has 0 aliphatic carbocycles. The van der Waals surface area contributed by atoms with Gasteiger partial charge in [-0.1, -0.05) is 42.0 Å². The van der Waals surface area contributed by atoms with Crippen molar-refractivity contribution in [1.82, 2.24) is 5.32 Å². The summed E-state index contributed by atoms with van der Waals surface area (Å²) < 4.78 is 0. The third-order valence-corrected chi connectivity index (χ3v) is 3.89. The predicted octanol–water partition coefficient (Wildman–Crippen LogP) is 3.13. The van der Waals surface area contributed by atoms with Crippen LogP contribution in [0.25, 0.3) is 0 Å². The lowest BCUT2D eigenvalue weighted by atomic mass is 10.0. The summed E-state index contributed by atoms with van der Waals surface area (Å²) in [5, 5.41) is 13.9. The van der Waals surface area contributed by atoms with Gasteiger partial charge in [0, 0.05) is 30.6 Å². The molecule has 27 heavy (non-hydrogen) atoms. The number of rotatable bonds is 8. The smallest absolute Gasteiger partial charge is 0.238 e. The van der Waals surface area contributed by atoms with Crippen LogP contribution in [0, 0.1) is 18.3 Å². The molecule has 2 rings (SSSR count). The number of hydrogen-bond donors (Lipinski definition) is 2. The number of carbonyl (C=O) groups excluding carboxylic acids is 3. The minimum absolute atomic E-state index is 0.0626. The van der Waals surface area contributed by atoms with Crippen LogP contribution in [-0.4, -0.2) is 17.6 Å². The lowest BCUT2D eigenvalue weighted by molar-refractivity contribution is -0.121. The SMILES string of the molecule is Cc1ccc(C(=O)CCC(=O)NCc2cccc(NC(=O)CC#N)c2)cc1. The van der Waals surface area contributed by atoms with E-state index in [0.29, 0.717) is 17.8 Å². The van der Waals surface area contributed by atoms with Gasteiger partial charge in [0.2, 0.25) is 11.8 Å². The van der Waals surface area contributed by atoms with Crippen LogP contribution in [0.1, 0.15) is 40.7 Å². The molecule has 2 amide bonds. The van der Waals surface area contributed by atoms with Crippen LogP contribution in [0.5, 0.6) is 0 Å². The molecule has 6 heteroatoms. The quantitative estimate of drug-likeness (QED) is 0.704. The van der Waals surface area contributed by atoms with Crippen LogP contribution < -0.4 is 10.6 Å². The zero-order chi connectivity index (χ0) is 19.6. The molecule has 0 aliphatic rings. The number of Topliss-reactive ketones (excluding diaryl/α,β-unsaturated/α-hetero) is 1. The van der Waals surface area contributed by atoms with Crippen molar-refractivity contribution in [2.75, 3.05) is 5.32 Å². The zero-order valence-corrected chi connectivity index (χ0v) is 15.1. The van der Waals surface area contributed by atoms with Gasteiger partial charge in [0.1, 0.15) is 6.42 Å². The summed E-state index contributed by atoms with van der Waals surface area (Å²) in [6.07, 6.45) is 0.0560. The van der Waals surface area contributed by atoms with Crippen molar-refractivity contribution < 1.29 is 14.4 Å². The number of nitriles is 1. The lowest BCUT2D eigenvalue weighted by Crippen LogP contribution is -2.23. The highest BCUT2D eigenvalue weighted by atomic mass is 16.2. The van der Waals surface area contributed by atoms with Crippen LogP contribution in [0.4, 0.5) is 5.69 Å². The van der Waals surface area contributed by atoms with Gasteiger partial charge in [-0.15, -0.1) is 0 Å². The second kappa shape index (κ2) is 9.88. The second-order valence-electron chi connectivity index (χ2n) is 6.15. The van der Waals surface area contributed by atoms with Crippen molar-refractivity contribution >= 4 is 23.3 Å². The van der Waals surface area contributed by atoms with E-state index in [-0.39, 0.29) is 36.9 Å². The molecular formula is C21H21N3O3. The number of benzene rings is 2. The Balaban J connectivity index is 1.80. The third-order valence-electron chi connectivity index (χ3n) is 3.89. The van der Waals surface area contributed by atoms with E-state index in [1.54, 1.807) is 36.4 Å². The van der Waals surface area contributed by atoms with Crippen LogP contribution in [-0.2, 0) is 16.1 Å². The molecule has 0 atom stereocenters. The Morgan fingerprint density at radius 3 is 2.44 bits per heavy atom. The highest BCUT2D eigenvalue weighted by molar-refractivity contribution is 5.98. The van der Waals surface area contributed by atoms with Gasteiger partial charge >= 0.3 is 0 Å². The Bertz CT molecular complexity index is 867. The number of nitrogens with one attached hydrogen (secondary N) is 2. The van der Waals surface area contributed by atoms with Gasteiger partial charge in [0.05, 0.1) is 6.07 Å². The summed E-state index contributed by atoms with van der Waals surface area (Å²) in [4.78, 5) is 35.5. The molecule has 2 aromatic carbocycles. The number of carbonyl (C=O) groups is 3. The number of anilines is 1. The van der Waals surface area contributed by atoms with Crippen molar-refractivity contribution in [2.24, 2.45) is 0 Å². The maximum absolute atomic E-state index is 12.1. The topological polar surface area (TPSA) is 99.1 Å². The summed E-state index contributed by atoms with van der Waals surface area (Å²) >= 11 is 0. The molecule has 0 heterocycles. The Hall–Kier alpha value is -3.46. The molecule has 0 saturated heterocycles. The Morgan fingerprint density at radius 2 is 1.74 bits per heavy atom. The van der Waals surface area contributed by atoms with Gasteiger partial charge in [-0.2, -0.15) is 5.26 Å². The number of amides is 2. The number of hydrogen-bond acceptors (Lipinski definition) is 4. The average molecular weight is 363 g/mol. The first-order valence-electron chi connectivity index (χ1n) is 8.60. The summed E-state index contributed by atoms with van der Waals surface area (Å²) in [6, 6.07) is 16.1. The van der Waals surface area contributed by atoms with Gasteiger partial charge in [-0.05, 0) is 24.6 Å². The number of aryl methyl sites for hydroxylation is 1. The Kier molecular flexibility index (Phi) is 7.26. The predicted molar refractivity (Wildman–Crippen MR) is 102 cm³/mol. The van der Waals surface area contributed by atoms with Gasteiger partial charge in [0.25, 0.3) is 0 Å². The van der Waals surface area contributed by atoms with Crippen LogP contribution >= 0.6 is 0 Å². The molecule has 2 N–H and O–H groups in total. The highest BCUT2D eigenvalue weighted by Crippen LogP contribution is 2.11. The summed E-state index contributed by atoms with van der Waals surface area (Å²) in [6.45, 7) is 2.24. The third kappa shape index (κ3) is 6.75. The van der Waals surface area contributed by atoms with Crippen molar-refractivity contribution in [3.63, 3.8) is 0 Å². The standard InChI is InChI=1S/C21H21N3O3/c1-15-5-7-17(8-6-15)19(25)9-10-20(26)23-14-16-3-2-4-18(13-16)24-21(27)11-12-22/h2-8,13H,9-11,14H2,1H3,(H,23,26)(H,24,27). The molecule has 0 fully saturated rings. The van der Waals surface area contributed by atoms with E-state index in [0.717, 1.165) is 11.1 Å². The van der Waals surface area contributed by atoms with E-state index >= 15 is 0 Å². The van der Waals surface area contributed by atoms with E-state index < -0.39 is 0 Å². The molecule has 0 radical (unpaired) electrons. The molecule has 138 valence electrons. The summed E-state index contributed by atoms with van der Waals surface area (Å²) in [5.74, 6) is -0.657. The molecule has 6 nitrogen and oxygen atoms in total. The normalized spacial score (nSPS) is 9.93. The van der Waals surface area contributed by atoms with E-state index in [2.05, 4.69) is 10.6 Å². The van der Waals surface area contributed by atoms with E-state index in [9.17, 15) is 14.4 Å². The van der Waals surface area contributed by atoms with Crippen molar-refractivity contribution in [3.8, 4) is 6.07 Å². The van der Waals surface area contributed by atoms with Gasteiger partial charge in [-0.25, -0.2) is 0 Å². The molecule has 0 spiro atoms. The van der Waals surface area contributed by atoms with Crippen molar-refractivity contribution in [1.29, 1.82) is 5.26 Å². The summed E-state index contributed by atoms with van der Waals surface area (Å²) in [5.41, 5.74) is 3.06. The van der Waals surface area contributed by atoms with Crippen LogP contribution in [0.2, 0.25) is 0 Å². The minimum atomic E-state index is -0.381. The van der Waals surface area contributed by atoms with E-state index in [1.165, 1.54) is 0 Å². The maximum Gasteiger partial charge on any atom is 0.238 e. The zero-order valence-electron chi connectivity index (χ0n) is 15.1. The van der Waals surface area contributed by atoms with Crippen LogP contribution in [0.15, 0.2) is 48.5 Å². The maximum atomic E-state index is 12.1. The minimum Gasteiger partial charge on any atom is -0.352 e. The molecule has 0 unspecified atom stereocenters. The van der Waals surface area contributed by atoms with Crippen LogP contribution in [0.3, 0.4) is 0 Å². The van der Waals surface area contributed by atoms with Gasteiger partial charge in [0.15, 0.2) is 5.78 Å². The fraction of sp³-hybridized carbons (Fsp3) is 0.238. The monoisotopic (exact) mass is 363 g/mol. The number of nitrogens with zero attached hydrogens (tertiary/aromatic N) is 1. The number of ketones is 1. The molecule has 2 aromatic rings. The molecule has 0 aliphatic heterocycles. The van der Waals surface area contributed by atoms with Gasteiger partial charge in [-0.3, -0.25) is 14.4 Å². The molecule has 0 aromatic heterocycles. The van der Waals surface area contributed by atoms with Crippen molar-refractivity contribution in [3.05, 3.63) is 65.2 Å². The Labute approximate surface area is 158 Å². The summed E-state index contributed by atoms with van der Waals surface area (Å²) in [7, 11) is 0. The highest BCUT2D eigenvalue weighted by Gasteiger charge is 2.09. The largest absolute Gasteiger partial charge is 0.352 e. The average Bonchev–Trinajstić information content (AvgIpc) is 2.65. The Morgan fingerprint density at radius 1 is 1.00 bits per heavy atom. The molecule has 0 saturated carbocycles. The van der Waals surface area contributed by atoms with Gasteiger partial charge < -0.3 is 10.6 Å². The first kappa shape index (κ1) is 19.9. The van der Waals surface area contributed by atoms with E-state index in [1.807, 2.05) is 25.1 Å².